The van der Waals surface area contributed by atoms with Gasteiger partial charge in [0.25, 0.3) is 0 Å². The molecule has 122 valence electrons. The summed E-state index contributed by atoms with van der Waals surface area (Å²) in [7, 11) is 1.64. The topological polar surface area (TPSA) is 29.5 Å². The predicted octanol–water partition coefficient (Wildman–Crippen LogP) is 3.22. The van der Waals surface area contributed by atoms with E-state index in [1.165, 1.54) is 5.92 Å². The molecule has 4 heteroatoms. The number of rotatable bonds is 3. The number of benzene rings is 1. The van der Waals surface area contributed by atoms with Gasteiger partial charge in [0.1, 0.15) is 5.75 Å². The molecule has 24 heavy (non-hydrogen) atoms. The van der Waals surface area contributed by atoms with Crippen LogP contribution < -0.4 is 9.64 Å². The first-order valence-electron chi connectivity index (χ1n) is 7.64. The van der Waals surface area contributed by atoms with Gasteiger partial charge in [-0.3, -0.25) is 4.79 Å². The quantitative estimate of drug-likeness (QED) is 0.611. The van der Waals surface area contributed by atoms with Gasteiger partial charge in [0.05, 0.1) is 13.2 Å². The molecule has 1 saturated heterocycles. The Morgan fingerprint density at radius 2 is 1.46 bits per heavy atom. The molecule has 0 bridgehead atoms. The van der Waals surface area contributed by atoms with Gasteiger partial charge in [-0.1, -0.05) is 0 Å². The molecule has 1 aliphatic heterocycles. The molecule has 3 fully saturated rings. The molecule has 4 rings (SSSR count). The molecule has 1 aromatic rings. The van der Waals surface area contributed by atoms with Crippen LogP contribution in [0.4, 0.5) is 5.69 Å². The number of carbonyl (C=O) groups is 1. The fourth-order valence-corrected chi connectivity index (χ4v) is 2.68. The maximum absolute atomic E-state index is 11.8. The average molecular weight is 361 g/mol. The molecular formula is C20H19FeNO2+2. The second-order valence-corrected chi connectivity index (χ2v) is 5.36. The van der Waals surface area contributed by atoms with Gasteiger partial charge in [-0.25, -0.2) is 0 Å². The van der Waals surface area contributed by atoms with Crippen LogP contribution >= 0.6 is 0 Å². The van der Waals surface area contributed by atoms with Crippen molar-refractivity contribution >= 4 is 11.6 Å². The second kappa shape index (κ2) is 9.48. The Morgan fingerprint density at radius 3 is 1.92 bits per heavy atom. The van der Waals surface area contributed by atoms with Gasteiger partial charge in [-0.2, -0.15) is 0 Å². The van der Waals surface area contributed by atoms with Crippen molar-refractivity contribution in [2.24, 2.45) is 0 Å². The Bertz CT molecular complexity index is 499. The third-order valence-electron chi connectivity index (χ3n) is 3.93. The first kappa shape index (κ1) is 19.3. The number of β-lactam (4-membered cyclic amide) rings is 1. The molecule has 3 nitrogen and oxygen atoms in total. The molecule has 1 aromatic carbocycles. The summed E-state index contributed by atoms with van der Waals surface area (Å²) in [5, 5.41) is 0. The summed E-state index contributed by atoms with van der Waals surface area (Å²) in [5.41, 5.74) is 0.929. The summed E-state index contributed by atoms with van der Waals surface area (Å²) in [6.45, 7) is 0. The zero-order chi connectivity index (χ0) is 16.1. The number of amides is 1. The van der Waals surface area contributed by atoms with Crippen LogP contribution in [0.5, 0.6) is 5.75 Å². The largest absolute Gasteiger partial charge is 2.00 e. The van der Waals surface area contributed by atoms with E-state index in [-0.39, 0.29) is 29.0 Å². The van der Waals surface area contributed by atoms with E-state index >= 15 is 0 Å². The van der Waals surface area contributed by atoms with Gasteiger partial charge in [-0.05, 0) is 82.1 Å². The number of nitrogens with zero attached hydrogens (tertiary/aromatic N) is 1. The SMILES string of the molecule is COc1ccc(N2C(=O)CC2[C]2[CH][CH][CH][CH]2)cc1.[CH]1[CH][CH][CH][CH]1.[Fe+2]. The molecular weight excluding hydrogens is 342 g/mol. The number of carbonyl (C=O) groups excluding carboxylic acids is 1. The summed E-state index contributed by atoms with van der Waals surface area (Å²) < 4.78 is 5.12. The minimum Gasteiger partial charge on any atom is -0.497 e. The van der Waals surface area contributed by atoms with E-state index in [2.05, 4.69) is 12.8 Å². The maximum Gasteiger partial charge on any atom is 2.00 e. The van der Waals surface area contributed by atoms with Crippen LogP contribution in [0.1, 0.15) is 6.42 Å². The molecule has 1 atom stereocenters. The first-order chi connectivity index (χ1) is 11.3. The summed E-state index contributed by atoms with van der Waals surface area (Å²) in [6, 6.07) is 7.78. The van der Waals surface area contributed by atoms with E-state index < -0.39 is 0 Å². The van der Waals surface area contributed by atoms with Crippen molar-refractivity contribution in [3.63, 3.8) is 0 Å². The minimum atomic E-state index is 0. The molecule has 0 spiro atoms. The van der Waals surface area contributed by atoms with E-state index in [9.17, 15) is 4.79 Å². The van der Waals surface area contributed by atoms with Crippen LogP contribution in [0.2, 0.25) is 0 Å². The first-order valence-corrected chi connectivity index (χ1v) is 7.64. The van der Waals surface area contributed by atoms with Gasteiger partial charge < -0.3 is 9.64 Å². The van der Waals surface area contributed by atoms with E-state index in [0.717, 1.165) is 11.4 Å². The van der Waals surface area contributed by atoms with Crippen LogP contribution in [-0.4, -0.2) is 19.1 Å². The molecule has 0 N–H and O–H groups in total. The van der Waals surface area contributed by atoms with Crippen LogP contribution in [-0.2, 0) is 21.9 Å². The van der Waals surface area contributed by atoms with Crippen molar-refractivity contribution in [1.82, 2.24) is 0 Å². The maximum atomic E-state index is 11.8. The van der Waals surface area contributed by atoms with Crippen molar-refractivity contribution in [3.05, 3.63) is 88.0 Å². The Balaban J connectivity index is 0.000000300. The summed E-state index contributed by atoms with van der Waals surface area (Å²) in [4.78, 5) is 13.6. The zero-order valence-electron chi connectivity index (χ0n) is 13.4. The fourth-order valence-electron chi connectivity index (χ4n) is 2.68. The average Bonchev–Trinajstić information content (AvgIpc) is 3.29. The van der Waals surface area contributed by atoms with Gasteiger partial charge >= 0.3 is 17.1 Å². The third kappa shape index (κ3) is 4.55. The number of hydrogen-bond donors (Lipinski definition) is 0. The molecule has 1 amide bonds. The van der Waals surface area contributed by atoms with Crippen molar-refractivity contribution in [1.29, 1.82) is 0 Å². The van der Waals surface area contributed by atoms with Gasteiger partial charge in [0.2, 0.25) is 5.91 Å². The Kier molecular flexibility index (Phi) is 7.64. The van der Waals surface area contributed by atoms with Crippen molar-refractivity contribution < 1.29 is 26.6 Å². The van der Waals surface area contributed by atoms with E-state index in [0.29, 0.717) is 6.42 Å². The number of anilines is 1. The molecule has 3 aliphatic rings. The predicted molar refractivity (Wildman–Crippen MR) is 90.8 cm³/mol. The summed E-state index contributed by atoms with van der Waals surface area (Å²) in [6.07, 6.45) is 18.7. The normalized spacial score (nSPS) is 23.1. The summed E-state index contributed by atoms with van der Waals surface area (Å²) >= 11 is 0. The molecule has 1 heterocycles. The Labute approximate surface area is 156 Å². The smallest absolute Gasteiger partial charge is 0.497 e. The third-order valence-corrected chi connectivity index (χ3v) is 3.93. The molecule has 10 radical (unpaired) electrons. The number of methoxy groups -OCH3 is 1. The number of hydrogen-bond acceptors (Lipinski definition) is 2. The van der Waals surface area contributed by atoms with Crippen LogP contribution in [0.3, 0.4) is 0 Å². The minimum absolute atomic E-state index is 0. The van der Waals surface area contributed by atoms with Crippen LogP contribution in [0.15, 0.2) is 24.3 Å². The van der Waals surface area contributed by atoms with Crippen molar-refractivity contribution in [2.45, 2.75) is 12.5 Å². The number of ether oxygens (including phenoxy) is 1. The Morgan fingerprint density at radius 1 is 0.917 bits per heavy atom. The van der Waals surface area contributed by atoms with E-state index in [1.807, 2.05) is 74.1 Å². The second-order valence-electron chi connectivity index (χ2n) is 5.36. The van der Waals surface area contributed by atoms with Gasteiger partial charge in [-0.15, -0.1) is 0 Å². The van der Waals surface area contributed by atoms with E-state index in [4.69, 9.17) is 4.74 Å². The monoisotopic (exact) mass is 361 g/mol. The zero-order valence-corrected chi connectivity index (χ0v) is 14.5. The molecule has 2 aliphatic carbocycles. The molecule has 2 saturated carbocycles. The summed E-state index contributed by atoms with van der Waals surface area (Å²) in [5.74, 6) is 2.17. The van der Waals surface area contributed by atoms with Crippen molar-refractivity contribution in [3.8, 4) is 5.75 Å². The molecule has 1 unspecified atom stereocenters. The van der Waals surface area contributed by atoms with Crippen LogP contribution in [0, 0.1) is 63.7 Å². The molecule has 0 aromatic heterocycles. The van der Waals surface area contributed by atoms with Crippen molar-refractivity contribution in [2.75, 3.05) is 12.0 Å². The fraction of sp³-hybridized carbons (Fsp3) is 0.150. The van der Waals surface area contributed by atoms with Gasteiger partial charge in [0.15, 0.2) is 0 Å². The standard InChI is InChI=1S/C15H14NO2.C5H5.Fe/c1-18-13-8-6-12(7-9-13)16-14(10-15(16)17)11-4-2-3-5-11;1-2-4-5-3-1;/h2-9,14H,10H2,1H3;1-5H;/q;;+2. The Hall–Kier alpha value is -0.991. The van der Waals surface area contributed by atoms with Gasteiger partial charge in [0, 0.05) is 18.0 Å². The van der Waals surface area contributed by atoms with E-state index in [1.54, 1.807) is 7.11 Å². The van der Waals surface area contributed by atoms with Crippen LogP contribution in [0.25, 0.3) is 0 Å².